The number of hydrogen-bond donors (Lipinski definition) is 1. The summed E-state index contributed by atoms with van der Waals surface area (Å²) in [6, 6.07) is 14.1. The summed E-state index contributed by atoms with van der Waals surface area (Å²) in [7, 11) is 0. The lowest BCUT2D eigenvalue weighted by molar-refractivity contribution is -0.129. The molecule has 0 aliphatic carbocycles. The van der Waals surface area contributed by atoms with Crippen molar-refractivity contribution in [3.63, 3.8) is 0 Å². The Bertz CT molecular complexity index is 1080. The highest BCUT2D eigenvalue weighted by Crippen LogP contribution is 2.40. The minimum atomic E-state index is -0.784. The first kappa shape index (κ1) is 21.1. The summed E-state index contributed by atoms with van der Waals surface area (Å²) in [6.45, 7) is 6.79. The van der Waals surface area contributed by atoms with Crippen LogP contribution in [0.15, 0.2) is 64.5 Å². The number of carbonyl (C=O) groups is 3. The van der Waals surface area contributed by atoms with Crippen LogP contribution in [0.1, 0.15) is 49.2 Å². The van der Waals surface area contributed by atoms with Crippen LogP contribution in [0.3, 0.4) is 0 Å². The Morgan fingerprint density at radius 3 is 2.20 bits per heavy atom. The normalized spacial score (nSPS) is 16.9. The number of nitrogens with zero attached hydrogens (tertiary/aromatic N) is 3. The number of benzene rings is 2. The molecule has 1 aliphatic heterocycles. The van der Waals surface area contributed by atoms with Crippen molar-refractivity contribution in [3.8, 4) is 0 Å². The summed E-state index contributed by atoms with van der Waals surface area (Å²) in [5.74, 6) is -1.06. The van der Waals surface area contributed by atoms with Gasteiger partial charge in [-0.05, 0) is 57.0 Å². The third-order valence-electron chi connectivity index (χ3n) is 5.04. The molecular weight excluding hydrogens is 380 g/mol. The Kier molecular flexibility index (Phi) is 5.64. The van der Waals surface area contributed by atoms with Gasteiger partial charge in [-0.3, -0.25) is 14.4 Å². The van der Waals surface area contributed by atoms with Gasteiger partial charge in [0.2, 0.25) is 5.91 Å². The Balaban J connectivity index is 2.19. The van der Waals surface area contributed by atoms with E-state index >= 15 is 0 Å². The number of ketones is 1. The third-order valence-corrected chi connectivity index (χ3v) is 5.04. The van der Waals surface area contributed by atoms with Crippen LogP contribution in [0.2, 0.25) is 0 Å². The van der Waals surface area contributed by atoms with Crippen molar-refractivity contribution in [2.24, 2.45) is 16.0 Å². The SMILES string of the molecule is CC(=O)c1ccc(N=N/C(C(N)=O)=C2/c3ccccc3CC(C)(C)N2C(C)=O)cc1. The fraction of sp³-hybridized carbons (Fsp3) is 0.261. The number of azo groups is 1. The average molecular weight is 404 g/mol. The average Bonchev–Trinajstić information content (AvgIpc) is 2.66. The van der Waals surface area contributed by atoms with Gasteiger partial charge in [0.05, 0.1) is 11.4 Å². The van der Waals surface area contributed by atoms with Gasteiger partial charge in [-0.1, -0.05) is 24.3 Å². The predicted molar refractivity (Wildman–Crippen MR) is 114 cm³/mol. The van der Waals surface area contributed by atoms with E-state index in [0.717, 1.165) is 11.1 Å². The zero-order valence-corrected chi connectivity index (χ0v) is 17.5. The molecule has 2 amide bonds. The monoisotopic (exact) mass is 404 g/mol. The summed E-state index contributed by atoms with van der Waals surface area (Å²) in [5.41, 5.74) is 8.08. The summed E-state index contributed by atoms with van der Waals surface area (Å²) in [6.07, 6.45) is 0.627. The van der Waals surface area contributed by atoms with Crippen LogP contribution < -0.4 is 5.73 Å². The molecule has 1 heterocycles. The van der Waals surface area contributed by atoms with E-state index < -0.39 is 11.4 Å². The van der Waals surface area contributed by atoms with Crippen LogP contribution in [-0.4, -0.2) is 28.0 Å². The van der Waals surface area contributed by atoms with Gasteiger partial charge in [0.15, 0.2) is 11.5 Å². The molecule has 0 atom stereocenters. The molecule has 0 saturated carbocycles. The van der Waals surface area contributed by atoms with E-state index in [9.17, 15) is 14.4 Å². The van der Waals surface area contributed by atoms with Crippen LogP contribution in [0.25, 0.3) is 5.70 Å². The largest absolute Gasteiger partial charge is 0.364 e. The molecule has 0 spiro atoms. The zero-order chi connectivity index (χ0) is 22.1. The number of carbonyl (C=O) groups excluding carboxylic acids is 3. The van der Waals surface area contributed by atoms with Crippen LogP contribution in [0.5, 0.6) is 0 Å². The Labute approximate surface area is 175 Å². The quantitative estimate of drug-likeness (QED) is 0.473. The van der Waals surface area contributed by atoms with E-state index in [-0.39, 0.29) is 17.4 Å². The van der Waals surface area contributed by atoms with Gasteiger partial charge < -0.3 is 10.6 Å². The summed E-state index contributed by atoms with van der Waals surface area (Å²) in [4.78, 5) is 38.0. The maximum Gasteiger partial charge on any atom is 0.271 e. The molecule has 2 N–H and O–H groups in total. The summed E-state index contributed by atoms with van der Waals surface area (Å²) >= 11 is 0. The van der Waals surface area contributed by atoms with E-state index in [1.165, 1.54) is 13.8 Å². The van der Waals surface area contributed by atoms with E-state index in [2.05, 4.69) is 10.2 Å². The molecular formula is C23H24N4O3. The van der Waals surface area contributed by atoms with Gasteiger partial charge in [-0.25, -0.2) is 0 Å². The first-order chi connectivity index (χ1) is 14.1. The molecule has 0 aromatic heterocycles. The fourth-order valence-electron chi connectivity index (χ4n) is 3.77. The molecule has 0 unspecified atom stereocenters. The third kappa shape index (κ3) is 4.05. The Hall–Kier alpha value is -3.61. The molecule has 0 fully saturated rings. The highest BCUT2D eigenvalue weighted by atomic mass is 16.2. The molecule has 1 aliphatic rings. The molecule has 30 heavy (non-hydrogen) atoms. The van der Waals surface area contributed by atoms with Crippen LogP contribution in [0.4, 0.5) is 5.69 Å². The van der Waals surface area contributed by atoms with Gasteiger partial charge in [-0.15, -0.1) is 5.11 Å². The molecule has 2 aromatic rings. The lowest BCUT2D eigenvalue weighted by Crippen LogP contribution is -2.50. The number of amides is 2. The van der Waals surface area contributed by atoms with E-state index in [1.54, 1.807) is 29.2 Å². The standard InChI is InChI=1S/C23H24N4O3/c1-14(28)16-9-11-18(12-10-16)25-26-20(22(24)30)21-19-8-6-5-7-17(19)13-23(3,4)27(21)15(2)29/h5-12H,13H2,1-4H3,(H2,24,30)/b21-20-,26-25?. The Morgan fingerprint density at radius 1 is 1.00 bits per heavy atom. The van der Waals surface area contributed by atoms with Crippen LogP contribution in [-0.2, 0) is 16.0 Å². The highest BCUT2D eigenvalue weighted by Gasteiger charge is 2.40. The maximum absolute atomic E-state index is 12.6. The molecule has 0 radical (unpaired) electrons. The van der Waals surface area contributed by atoms with Gasteiger partial charge in [0, 0.05) is 23.6 Å². The van der Waals surface area contributed by atoms with E-state index in [4.69, 9.17) is 5.73 Å². The lowest BCUT2D eigenvalue weighted by Gasteiger charge is -2.44. The summed E-state index contributed by atoms with van der Waals surface area (Å²) in [5, 5.41) is 8.27. The molecule has 2 aromatic carbocycles. The molecule has 154 valence electrons. The zero-order valence-electron chi connectivity index (χ0n) is 17.5. The van der Waals surface area contributed by atoms with Crippen molar-refractivity contribution in [1.82, 2.24) is 4.90 Å². The molecule has 3 rings (SSSR count). The second-order valence-corrected chi connectivity index (χ2v) is 7.87. The number of primary amides is 1. The second-order valence-electron chi connectivity index (χ2n) is 7.87. The highest BCUT2D eigenvalue weighted by molar-refractivity contribution is 6.03. The van der Waals surface area contributed by atoms with Gasteiger partial charge in [0.1, 0.15) is 0 Å². The molecule has 7 nitrogen and oxygen atoms in total. The first-order valence-electron chi connectivity index (χ1n) is 9.57. The van der Waals surface area contributed by atoms with Gasteiger partial charge in [0.25, 0.3) is 5.91 Å². The number of Topliss-reactive ketones (excluding diaryl/α,β-unsaturated/α-hetero) is 1. The maximum atomic E-state index is 12.6. The first-order valence-corrected chi connectivity index (χ1v) is 9.57. The van der Waals surface area contributed by atoms with Crippen molar-refractivity contribution >= 4 is 29.0 Å². The van der Waals surface area contributed by atoms with Crippen molar-refractivity contribution < 1.29 is 14.4 Å². The second kappa shape index (κ2) is 8.02. The topological polar surface area (TPSA) is 105 Å². The minimum Gasteiger partial charge on any atom is -0.364 e. The van der Waals surface area contributed by atoms with Crippen molar-refractivity contribution in [1.29, 1.82) is 0 Å². The summed E-state index contributed by atoms with van der Waals surface area (Å²) < 4.78 is 0. The number of hydrogen-bond acceptors (Lipinski definition) is 5. The minimum absolute atomic E-state index is 0.0587. The van der Waals surface area contributed by atoms with Crippen LogP contribution in [0, 0.1) is 0 Å². The van der Waals surface area contributed by atoms with Gasteiger partial charge in [-0.2, -0.15) is 5.11 Å². The molecule has 7 heteroatoms. The molecule has 0 saturated heterocycles. The van der Waals surface area contributed by atoms with Gasteiger partial charge >= 0.3 is 0 Å². The lowest BCUT2D eigenvalue weighted by atomic mass is 9.83. The Morgan fingerprint density at radius 2 is 1.63 bits per heavy atom. The van der Waals surface area contributed by atoms with Crippen LogP contribution >= 0.6 is 0 Å². The van der Waals surface area contributed by atoms with Crippen molar-refractivity contribution in [3.05, 3.63) is 70.9 Å². The van der Waals surface area contributed by atoms with Crippen molar-refractivity contribution in [2.45, 2.75) is 39.7 Å². The predicted octanol–water partition coefficient (Wildman–Crippen LogP) is 4.01. The fourth-order valence-corrected chi connectivity index (χ4v) is 3.77. The number of nitrogens with two attached hydrogens (primary N) is 1. The molecule has 0 bridgehead atoms. The smallest absolute Gasteiger partial charge is 0.271 e. The van der Waals surface area contributed by atoms with E-state index in [1.807, 2.05) is 38.1 Å². The van der Waals surface area contributed by atoms with Crippen molar-refractivity contribution in [2.75, 3.05) is 0 Å². The van der Waals surface area contributed by atoms with E-state index in [0.29, 0.717) is 23.4 Å². The number of fused-ring (bicyclic) bond motifs is 1. The number of rotatable bonds is 4.